The van der Waals surface area contributed by atoms with Crippen LogP contribution in [0, 0.1) is 0 Å². The van der Waals surface area contributed by atoms with E-state index >= 15 is 0 Å². The molecule has 2 heterocycles. The third-order valence-electron chi connectivity index (χ3n) is 5.75. The second-order valence-corrected chi connectivity index (χ2v) is 7.88. The van der Waals surface area contributed by atoms with E-state index < -0.39 is 0 Å². The second kappa shape index (κ2) is 7.88. The number of carbonyl (C=O) groups is 1. The number of halogens is 1. The van der Waals surface area contributed by atoms with E-state index in [4.69, 9.17) is 11.6 Å². The van der Waals surface area contributed by atoms with Gasteiger partial charge < -0.3 is 4.90 Å². The van der Waals surface area contributed by atoms with Gasteiger partial charge in [0, 0.05) is 24.0 Å². The number of fused-ring (bicyclic) bond motifs is 1. The van der Waals surface area contributed by atoms with E-state index in [0.717, 1.165) is 16.7 Å². The lowest BCUT2D eigenvalue weighted by Gasteiger charge is -2.45. The summed E-state index contributed by atoms with van der Waals surface area (Å²) in [6, 6.07) is 18.3. The molecule has 0 bridgehead atoms. The summed E-state index contributed by atoms with van der Waals surface area (Å²) in [6.07, 6.45) is 1.75. The number of rotatable bonds is 4. The van der Waals surface area contributed by atoms with E-state index in [2.05, 4.69) is 29.9 Å². The van der Waals surface area contributed by atoms with Gasteiger partial charge in [0.25, 0.3) is 5.91 Å². The van der Waals surface area contributed by atoms with Crippen molar-refractivity contribution in [2.75, 3.05) is 13.1 Å². The highest BCUT2D eigenvalue weighted by molar-refractivity contribution is 6.30. The Morgan fingerprint density at radius 2 is 1.90 bits per heavy atom. The predicted molar refractivity (Wildman–Crippen MR) is 118 cm³/mol. The largest absolute Gasteiger partial charge is 0.335 e. The first kappa shape index (κ1) is 19.5. The van der Waals surface area contributed by atoms with Crippen LogP contribution in [0.5, 0.6) is 0 Å². The van der Waals surface area contributed by atoms with E-state index in [1.807, 2.05) is 60.2 Å². The van der Waals surface area contributed by atoms with Gasteiger partial charge in [-0.25, -0.2) is 0 Å². The van der Waals surface area contributed by atoms with Crippen LogP contribution in [0.4, 0.5) is 0 Å². The van der Waals surface area contributed by atoms with Crippen LogP contribution in [-0.2, 0) is 4.79 Å². The van der Waals surface area contributed by atoms with Crippen molar-refractivity contribution in [1.29, 1.82) is 0 Å². The quantitative estimate of drug-likeness (QED) is 0.730. The standard InChI is InChI=1S/C24H24ClN3O/c1-4-27-15-21(28-23(24(27)29)17(3)16(2)14-26-28)22(18-9-6-5-7-10-18)19-11-8-12-20(25)13-19/h5-14,21-22H,2,4,15H2,1,3H3. The zero-order valence-corrected chi connectivity index (χ0v) is 17.4. The minimum atomic E-state index is -0.0529. The van der Waals surface area contributed by atoms with E-state index in [1.165, 1.54) is 5.56 Å². The zero-order valence-electron chi connectivity index (χ0n) is 16.7. The average molecular weight is 406 g/mol. The Hall–Kier alpha value is -2.85. The highest BCUT2D eigenvalue weighted by Gasteiger charge is 2.42. The molecular weight excluding hydrogens is 382 g/mol. The normalized spacial score (nSPS) is 20.2. The van der Waals surface area contributed by atoms with Gasteiger partial charge in [0.05, 0.1) is 12.3 Å². The fourth-order valence-corrected chi connectivity index (χ4v) is 4.37. The highest BCUT2D eigenvalue weighted by atomic mass is 35.5. The van der Waals surface area contributed by atoms with Gasteiger partial charge in [-0.05, 0) is 48.3 Å². The van der Waals surface area contributed by atoms with Crippen LogP contribution in [-0.4, -0.2) is 41.2 Å². The van der Waals surface area contributed by atoms with E-state index in [1.54, 1.807) is 6.21 Å². The molecule has 1 fully saturated rings. The molecule has 29 heavy (non-hydrogen) atoms. The minimum absolute atomic E-state index is 0.00312. The third kappa shape index (κ3) is 3.49. The molecule has 0 saturated carbocycles. The Balaban J connectivity index is 1.88. The first-order valence-corrected chi connectivity index (χ1v) is 10.2. The van der Waals surface area contributed by atoms with Gasteiger partial charge in [0.2, 0.25) is 0 Å². The van der Waals surface area contributed by atoms with Gasteiger partial charge in [0.1, 0.15) is 5.70 Å². The number of benzene rings is 2. The highest BCUT2D eigenvalue weighted by Crippen LogP contribution is 2.39. The van der Waals surface area contributed by atoms with E-state index in [9.17, 15) is 4.79 Å². The molecule has 5 heteroatoms. The lowest BCUT2D eigenvalue weighted by molar-refractivity contribution is -0.133. The average Bonchev–Trinajstić information content (AvgIpc) is 2.73. The van der Waals surface area contributed by atoms with Crippen molar-refractivity contribution < 1.29 is 4.79 Å². The van der Waals surface area contributed by atoms with Gasteiger partial charge in [-0.3, -0.25) is 9.80 Å². The smallest absolute Gasteiger partial charge is 0.272 e. The van der Waals surface area contributed by atoms with Crippen LogP contribution in [0.2, 0.25) is 5.02 Å². The second-order valence-electron chi connectivity index (χ2n) is 7.44. The summed E-state index contributed by atoms with van der Waals surface area (Å²) < 4.78 is 0. The molecule has 0 radical (unpaired) electrons. The summed E-state index contributed by atoms with van der Waals surface area (Å²) in [6.45, 7) is 9.24. The molecule has 4 rings (SSSR count). The van der Waals surface area contributed by atoms with Gasteiger partial charge in [-0.1, -0.05) is 60.6 Å². The summed E-state index contributed by atoms with van der Waals surface area (Å²) in [5.41, 5.74) is 4.56. The van der Waals surface area contributed by atoms with Gasteiger partial charge in [0.15, 0.2) is 0 Å². The zero-order chi connectivity index (χ0) is 20.5. The van der Waals surface area contributed by atoms with Crippen molar-refractivity contribution in [2.45, 2.75) is 25.8 Å². The van der Waals surface area contributed by atoms with Crippen LogP contribution < -0.4 is 0 Å². The summed E-state index contributed by atoms with van der Waals surface area (Å²) in [4.78, 5) is 15.0. The van der Waals surface area contributed by atoms with E-state index in [-0.39, 0.29) is 17.9 Å². The van der Waals surface area contributed by atoms with Crippen LogP contribution in [0.3, 0.4) is 0 Å². The molecule has 0 aromatic heterocycles. The molecule has 2 aliphatic rings. The number of hydrogen-bond donors (Lipinski definition) is 0. The van der Waals surface area contributed by atoms with Crippen molar-refractivity contribution in [1.82, 2.24) is 9.91 Å². The fourth-order valence-electron chi connectivity index (χ4n) is 4.17. The van der Waals surface area contributed by atoms with Gasteiger partial charge in [-0.2, -0.15) is 5.10 Å². The molecule has 2 atom stereocenters. The molecule has 0 N–H and O–H groups in total. The molecule has 4 nitrogen and oxygen atoms in total. The Morgan fingerprint density at radius 1 is 1.17 bits per heavy atom. The number of carbonyl (C=O) groups excluding carboxylic acids is 1. The number of piperazine rings is 1. The Bertz CT molecular complexity index is 1010. The van der Waals surface area contributed by atoms with Gasteiger partial charge >= 0.3 is 0 Å². The van der Waals surface area contributed by atoms with Gasteiger partial charge in [-0.15, -0.1) is 0 Å². The van der Waals surface area contributed by atoms with Crippen molar-refractivity contribution in [2.24, 2.45) is 5.10 Å². The number of allylic oxidation sites excluding steroid dienone is 2. The number of amides is 1. The molecule has 0 aliphatic carbocycles. The lowest BCUT2D eigenvalue weighted by Crippen LogP contribution is -2.56. The Kier molecular flexibility index (Phi) is 5.29. The molecular formula is C24H24ClN3O. The monoisotopic (exact) mass is 405 g/mol. The maximum atomic E-state index is 13.1. The molecule has 2 aliphatic heterocycles. The fraction of sp³-hybridized carbons (Fsp3) is 0.250. The molecule has 1 saturated heterocycles. The van der Waals surface area contributed by atoms with Crippen LogP contribution in [0.1, 0.15) is 30.9 Å². The molecule has 1 amide bonds. The van der Waals surface area contributed by atoms with Crippen LogP contribution in [0.15, 0.2) is 83.1 Å². The van der Waals surface area contributed by atoms with Crippen molar-refractivity contribution in [3.63, 3.8) is 0 Å². The molecule has 0 spiro atoms. The topological polar surface area (TPSA) is 35.9 Å². The summed E-state index contributed by atoms with van der Waals surface area (Å²) in [5.74, 6) is 0.0144. The predicted octanol–water partition coefficient (Wildman–Crippen LogP) is 4.83. The summed E-state index contributed by atoms with van der Waals surface area (Å²) in [5, 5.41) is 7.25. The number of hydrogen-bond acceptors (Lipinski definition) is 3. The summed E-state index contributed by atoms with van der Waals surface area (Å²) >= 11 is 6.35. The molecule has 148 valence electrons. The number of hydrazone groups is 1. The molecule has 2 unspecified atom stereocenters. The van der Waals surface area contributed by atoms with E-state index in [0.29, 0.717) is 23.8 Å². The number of likely N-dealkylation sites (N-methyl/N-ethyl adjacent to an activating group) is 1. The minimum Gasteiger partial charge on any atom is -0.335 e. The SMILES string of the molecule is C=C1C=NN2C(=C1C)C(=O)N(CC)CC2C(c1ccccc1)c1cccc(Cl)c1. The van der Waals surface area contributed by atoms with Crippen LogP contribution >= 0.6 is 11.6 Å². The van der Waals surface area contributed by atoms with Crippen LogP contribution in [0.25, 0.3) is 0 Å². The summed E-state index contributed by atoms with van der Waals surface area (Å²) in [7, 11) is 0. The number of nitrogens with zero attached hydrogens (tertiary/aromatic N) is 3. The Labute approximate surface area is 176 Å². The van der Waals surface area contributed by atoms with Crippen molar-refractivity contribution in [3.05, 3.63) is 94.2 Å². The molecule has 2 aromatic rings. The van der Waals surface area contributed by atoms with Crippen molar-refractivity contribution >= 4 is 23.7 Å². The first-order chi connectivity index (χ1) is 14.0. The first-order valence-electron chi connectivity index (χ1n) is 9.84. The third-order valence-corrected chi connectivity index (χ3v) is 5.98. The maximum absolute atomic E-state index is 13.1. The molecule has 2 aromatic carbocycles. The maximum Gasteiger partial charge on any atom is 0.272 e. The Morgan fingerprint density at radius 3 is 2.59 bits per heavy atom. The van der Waals surface area contributed by atoms with Crippen molar-refractivity contribution in [3.8, 4) is 0 Å². The lowest BCUT2D eigenvalue weighted by atomic mass is 9.82.